The van der Waals surface area contributed by atoms with Crippen LogP contribution in [0.15, 0.2) is 0 Å². The lowest BCUT2D eigenvalue weighted by Crippen LogP contribution is -2.54. The second kappa shape index (κ2) is 6.59. The van der Waals surface area contributed by atoms with Crippen LogP contribution >= 0.6 is 0 Å². The quantitative estimate of drug-likeness (QED) is 0.693. The highest BCUT2D eigenvalue weighted by Gasteiger charge is 2.35. The second-order valence-corrected chi connectivity index (χ2v) is 6.55. The number of hydrogen-bond donors (Lipinski definition) is 0. The standard InChI is InChI=1S/C16H28N2O2/c1-12-8-7-9-13(2)18(12)16(20)15(19)17(3)14-10-5-4-6-11-14/h12-14H,4-11H2,1-3H3. The van der Waals surface area contributed by atoms with Gasteiger partial charge in [0.25, 0.3) is 0 Å². The SMILES string of the molecule is CC1CCCC(C)N1C(=O)C(=O)N(C)C1CCCCC1. The average Bonchev–Trinajstić information content (AvgIpc) is 2.46. The van der Waals surface area contributed by atoms with Crippen LogP contribution in [0.2, 0.25) is 0 Å². The van der Waals surface area contributed by atoms with Gasteiger partial charge < -0.3 is 9.80 Å². The molecule has 2 unspecified atom stereocenters. The Hall–Kier alpha value is -1.06. The highest BCUT2D eigenvalue weighted by molar-refractivity contribution is 6.35. The maximum absolute atomic E-state index is 12.5. The first-order chi connectivity index (χ1) is 9.52. The summed E-state index contributed by atoms with van der Waals surface area (Å²) in [6.45, 7) is 4.11. The molecule has 0 radical (unpaired) electrons. The molecule has 4 nitrogen and oxygen atoms in total. The lowest BCUT2D eigenvalue weighted by molar-refractivity contribution is -0.156. The van der Waals surface area contributed by atoms with E-state index in [-0.39, 0.29) is 29.9 Å². The van der Waals surface area contributed by atoms with Gasteiger partial charge in [0.2, 0.25) is 0 Å². The third-order valence-electron chi connectivity index (χ3n) is 5.05. The van der Waals surface area contributed by atoms with E-state index in [2.05, 4.69) is 13.8 Å². The second-order valence-electron chi connectivity index (χ2n) is 6.55. The van der Waals surface area contributed by atoms with Crippen LogP contribution < -0.4 is 0 Å². The van der Waals surface area contributed by atoms with E-state index in [0.29, 0.717) is 0 Å². The minimum absolute atomic E-state index is 0.190. The molecule has 0 bridgehead atoms. The molecule has 1 saturated heterocycles. The van der Waals surface area contributed by atoms with Gasteiger partial charge in [-0.25, -0.2) is 0 Å². The maximum Gasteiger partial charge on any atom is 0.312 e. The average molecular weight is 280 g/mol. The molecule has 2 fully saturated rings. The summed E-state index contributed by atoms with van der Waals surface area (Å²) >= 11 is 0. The van der Waals surface area contributed by atoms with Crippen molar-refractivity contribution in [3.8, 4) is 0 Å². The highest BCUT2D eigenvalue weighted by Crippen LogP contribution is 2.25. The zero-order valence-electron chi connectivity index (χ0n) is 13.1. The summed E-state index contributed by atoms with van der Waals surface area (Å²) in [4.78, 5) is 28.5. The Kier molecular flexibility index (Phi) is 5.06. The van der Waals surface area contributed by atoms with E-state index in [4.69, 9.17) is 0 Å². The molecule has 0 N–H and O–H groups in total. The Balaban J connectivity index is 2.01. The van der Waals surface area contributed by atoms with Crippen LogP contribution in [-0.2, 0) is 9.59 Å². The first kappa shape index (κ1) is 15.3. The molecule has 1 heterocycles. The molecule has 0 aromatic rings. The lowest BCUT2D eigenvalue weighted by atomic mass is 9.94. The van der Waals surface area contributed by atoms with Crippen LogP contribution in [0.5, 0.6) is 0 Å². The summed E-state index contributed by atoms with van der Waals surface area (Å²) in [5.41, 5.74) is 0. The van der Waals surface area contributed by atoms with Gasteiger partial charge in [-0.1, -0.05) is 19.3 Å². The molecule has 20 heavy (non-hydrogen) atoms. The number of piperidine rings is 1. The van der Waals surface area contributed by atoms with Gasteiger partial charge in [-0.15, -0.1) is 0 Å². The van der Waals surface area contributed by atoms with E-state index >= 15 is 0 Å². The Morgan fingerprint density at radius 2 is 1.45 bits per heavy atom. The first-order valence-electron chi connectivity index (χ1n) is 8.11. The van der Waals surface area contributed by atoms with Gasteiger partial charge in [0.1, 0.15) is 0 Å². The molecule has 2 amide bonds. The fraction of sp³-hybridized carbons (Fsp3) is 0.875. The Morgan fingerprint density at radius 3 is 2.00 bits per heavy atom. The number of likely N-dealkylation sites (tertiary alicyclic amines) is 1. The monoisotopic (exact) mass is 280 g/mol. The predicted octanol–water partition coefficient (Wildman–Crippen LogP) is 2.57. The van der Waals surface area contributed by atoms with Gasteiger partial charge in [-0.05, 0) is 46.0 Å². The predicted molar refractivity (Wildman–Crippen MR) is 79.3 cm³/mol. The number of carbonyl (C=O) groups excluding carboxylic acids is 2. The van der Waals surface area contributed by atoms with Crippen LogP contribution in [0.25, 0.3) is 0 Å². The van der Waals surface area contributed by atoms with Crippen LogP contribution in [-0.4, -0.2) is 46.8 Å². The smallest absolute Gasteiger partial charge is 0.312 e. The van der Waals surface area contributed by atoms with E-state index in [0.717, 1.165) is 32.1 Å². The Labute approximate surface area is 122 Å². The number of rotatable bonds is 1. The van der Waals surface area contributed by atoms with Crippen molar-refractivity contribution >= 4 is 11.8 Å². The number of nitrogens with zero attached hydrogens (tertiary/aromatic N) is 2. The van der Waals surface area contributed by atoms with Gasteiger partial charge in [-0.3, -0.25) is 9.59 Å². The largest absolute Gasteiger partial charge is 0.335 e. The van der Waals surface area contributed by atoms with Gasteiger partial charge in [0.05, 0.1) is 0 Å². The fourth-order valence-corrected chi connectivity index (χ4v) is 3.72. The van der Waals surface area contributed by atoms with Gasteiger partial charge in [-0.2, -0.15) is 0 Å². The topological polar surface area (TPSA) is 40.6 Å². The lowest BCUT2D eigenvalue weighted by Gasteiger charge is -2.40. The first-order valence-corrected chi connectivity index (χ1v) is 8.11. The summed E-state index contributed by atoms with van der Waals surface area (Å²) < 4.78 is 0. The Bertz CT molecular complexity index is 353. The molecule has 0 aromatic carbocycles. The summed E-state index contributed by atoms with van der Waals surface area (Å²) in [6.07, 6.45) is 8.86. The summed E-state index contributed by atoms with van der Waals surface area (Å²) in [5, 5.41) is 0. The minimum atomic E-state index is -0.308. The normalized spacial score (nSPS) is 28.2. The molecule has 114 valence electrons. The van der Waals surface area contributed by atoms with Crippen molar-refractivity contribution in [3.05, 3.63) is 0 Å². The van der Waals surface area contributed by atoms with Crippen molar-refractivity contribution < 1.29 is 9.59 Å². The zero-order valence-corrected chi connectivity index (χ0v) is 13.1. The fourth-order valence-electron chi connectivity index (χ4n) is 3.72. The van der Waals surface area contributed by atoms with E-state index < -0.39 is 0 Å². The molecule has 1 aliphatic carbocycles. The third-order valence-corrected chi connectivity index (χ3v) is 5.05. The van der Waals surface area contributed by atoms with Gasteiger partial charge in [0, 0.05) is 25.2 Å². The number of likely N-dealkylation sites (N-methyl/N-ethyl adjacent to an activating group) is 1. The maximum atomic E-state index is 12.5. The van der Waals surface area contributed by atoms with Crippen LogP contribution in [0, 0.1) is 0 Å². The van der Waals surface area contributed by atoms with Crippen molar-refractivity contribution in [1.29, 1.82) is 0 Å². The number of hydrogen-bond acceptors (Lipinski definition) is 2. The van der Waals surface area contributed by atoms with Crippen molar-refractivity contribution in [2.75, 3.05) is 7.05 Å². The molecular weight excluding hydrogens is 252 g/mol. The third kappa shape index (κ3) is 3.15. The summed E-state index contributed by atoms with van der Waals surface area (Å²) in [5.74, 6) is -0.602. The van der Waals surface area contributed by atoms with E-state index in [1.54, 1.807) is 11.9 Å². The van der Waals surface area contributed by atoms with Crippen molar-refractivity contribution in [2.24, 2.45) is 0 Å². The van der Waals surface area contributed by atoms with Crippen LogP contribution in [0.3, 0.4) is 0 Å². The molecule has 1 aliphatic heterocycles. The Morgan fingerprint density at radius 1 is 0.900 bits per heavy atom. The van der Waals surface area contributed by atoms with Crippen LogP contribution in [0.4, 0.5) is 0 Å². The van der Waals surface area contributed by atoms with Crippen molar-refractivity contribution in [3.63, 3.8) is 0 Å². The van der Waals surface area contributed by atoms with Crippen molar-refractivity contribution in [1.82, 2.24) is 9.80 Å². The molecular formula is C16H28N2O2. The molecule has 2 aliphatic rings. The van der Waals surface area contributed by atoms with E-state index in [1.807, 2.05) is 4.90 Å². The summed E-state index contributed by atoms with van der Waals surface area (Å²) in [6, 6.07) is 0.639. The van der Waals surface area contributed by atoms with E-state index in [1.165, 1.54) is 19.3 Å². The minimum Gasteiger partial charge on any atom is -0.335 e. The highest BCUT2D eigenvalue weighted by atomic mass is 16.2. The number of amides is 2. The van der Waals surface area contributed by atoms with Gasteiger partial charge in [0.15, 0.2) is 0 Å². The molecule has 0 aromatic heterocycles. The molecule has 2 atom stereocenters. The van der Waals surface area contributed by atoms with E-state index in [9.17, 15) is 9.59 Å². The van der Waals surface area contributed by atoms with Gasteiger partial charge >= 0.3 is 11.8 Å². The summed E-state index contributed by atoms with van der Waals surface area (Å²) in [7, 11) is 1.80. The van der Waals surface area contributed by atoms with Crippen molar-refractivity contribution in [2.45, 2.75) is 83.3 Å². The number of carbonyl (C=O) groups is 2. The zero-order chi connectivity index (χ0) is 14.7. The molecule has 0 spiro atoms. The molecule has 1 saturated carbocycles. The molecule has 2 rings (SSSR count). The molecule has 4 heteroatoms. The van der Waals surface area contributed by atoms with Crippen LogP contribution in [0.1, 0.15) is 65.2 Å².